The summed E-state index contributed by atoms with van der Waals surface area (Å²) < 4.78 is 0. The molecule has 0 spiro atoms. The summed E-state index contributed by atoms with van der Waals surface area (Å²) in [7, 11) is 0. The van der Waals surface area contributed by atoms with Crippen LogP contribution in [-0.4, -0.2) is 15.9 Å². The van der Waals surface area contributed by atoms with Gasteiger partial charge in [-0.2, -0.15) is 0 Å². The minimum absolute atomic E-state index is 0.0529. The van der Waals surface area contributed by atoms with Crippen molar-refractivity contribution in [1.29, 1.82) is 0 Å². The highest BCUT2D eigenvalue weighted by atomic mass is 32.1. The lowest BCUT2D eigenvalue weighted by Gasteiger charge is -2.15. The highest BCUT2D eigenvalue weighted by Crippen LogP contribution is 2.22. The highest BCUT2D eigenvalue weighted by molar-refractivity contribution is 7.10. The van der Waals surface area contributed by atoms with E-state index in [1.807, 2.05) is 24.4 Å². The van der Waals surface area contributed by atoms with E-state index in [-0.39, 0.29) is 11.9 Å². The number of carbonyl (C=O) groups excluding carboxylic acids is 1. The Morgan fingerprint density at radius 3 is 3.00 bits per heavy atom. The molecule has 2 aromatic heterocycles. The lowest BCUT2D eigenvalue weighted by atomic mass is 10.1. The lowest BCUT2D eigenvalue weighted by molar-refractivity contribution is 0.0935. The number of hydrogen-bond donors (Lipinski definition) is 1. The Bertz CT molecular complexity index is 525. The molecule has 0 fully saturated rings. The van der Waals surface area contributed by atoms with Crippen molar-refractivity contribution in [2.24, 2.45) is 0 Å². The van der Waals surface area contributed by atoms with E-state index in [1.54, 1.807) is 17.5 Å². The average Bonchev–Trinajstić information content (AvgIpc) is 2.90. The first-order valence-corrected chi connectivity index (χ1v) is 6.71. The maximum Gasteiger partial charge on any atom is 0.255 e. The SMILES string of the molecule is CC[C@H](NC(=O)c1cncnc1C)c1cccs1. The van der Waals surface area contributed by atoms with Crippen molar-refractivity contribution >= 4 is 17.2 Å². The maximum absolute atomic E-state index is 12.1. The number of hydrogen-bond acceptors (Lipinski definition) is 4. The molecule has 1 atom stereocenters. The van der Waals surface area contributed by atoms with E-state index in [0.29, 0.717) is 11.3 Å². The first kappa shape index (κ1) is 12.7. The van der Waals surface area contributed by atoms with Crippen molar-refractivity contribution in [3.63, 3.8) is 0 Å². The number of amides is 1. The lowest BCUT2D eigenvalue weighted by Crippen LogP contribution is -2.28. The van der Waals surface area contributed by atoms with E-state index >= 15 is 0 Å². The number of aryl methyl sites for hydroxylation is 1. The Balaban J connectivity index is 2.14. The van der Waals surface area contributed by atoms with Crippen LogP contribution in [0.1, 0.15) is 40.3 Å². The summed E-state index contributed by atoms with van der Waals surface area (Å²) in [5.41, 5.74) is 1.23. The van der Waals surface area contributed by atoms with E-state index < -0.39 is 0 Å². The van der Waals surface area contributed by atoms with Gasteiger partial charge < -0.3 is 5.32 Å². The summed E-state index contributed by atoms with van der Waals surface area (Å²) in [4.78, 5) is 21.2. The Morgan fingerprint density at radius 1 is 1.56 bits per heavy atom. The van der Waals surface area contributed by atoms with Crippen LogP contribution < -0.4 is 5.32 Å². The van der Waals surface area contributed by atoms with Crippen LogP contribution in [0.4, 0.5) is 0 Å². The van der Waals surface area contributed by atoms with E-state index in [4.69, 9.17) is 0 Å². The highest BCUT2D eigenvalue weighted by Gasteiger charge is 2.16. The smallest absolute Gasteiger partial charge is 0.255 e. The molecule has 0 saturated heterocycles. The number of nitrogens with one attached hydrogen (secondary N) is 1. The van der Waals surface area contributed by atoms with Gasteiger partial charge in [0, 0.05) is 11.1 Å². The molecule has 0 unspecified atom stereocenters. The normalized spacial score (nSPS) is 12.1. The number of nitrogens with zero attached hydrogens (tertiary/aromatic N) is 2. The number of rotatable bonds is 4. The molecule has 94 valence electrons. The molecule has 2 rings (SSSR count). The summed E-state index contributed by atoms with van der Waals surface area (Å²) in [6, 6.07) is 4.08. The largest absolute Gasteiger partial charge is 0.344 e. The first-order chi connectivity index (χ1) is 8.72. The molecule has 0 aromatic carbocycles. The van der Waals surface area contributed by atoms with E-state index in [1.165, 1.54) is 11.2 Å². The topological polar surface area (TPSA) is 54.9 Å². The van der Waals surface area contributed by atoms with E-state index in [9.17, 15) is 4.79 Å². The van der Waals surface area contributed by atoms with Gasteiger partial charge in [0.2, 0.25) is 0 Å². The van der Waals surface area contributed by atoms with Crippen LogP contribution in [0.5, 0.6) is 0 Å². The standard InChI is InChI=1S/C13H15N3OS/c1-3-11(12-5-4-6-18-12)16-13(17)10-7-14-8-15-9(10)2/h4-8,11H,3H2,1-2H3,(H,16,17)/t11-/m0/s1. The summed E-state index contributed by atoms with van der Waals surface area (Å²) in [6.07, 6.45) is 3.86. The van der Waals surface area contributed by atoms with Gasteiger partial charge >= 0.3 is 0 Å². The minimum atomic E-state index is -0.117. The fraction of sp³-hybridized carbons (Fsp3) is 0.308. The van der Waals surface area contributed by atoms with Gasteiger partial charge in [-0.1, -0.05) is 13.0 Å². The molecule has 0 radical (unpaired) electrons. The second kappa shape index (κ2) is 5.73. The molecule has 4 nitrogen and oxygen atoms in total. The molecule has 0 aliphatic rings. The Kier molecular flexibility index (Phi) is 4.04. The maximum atomic E-state index is 12.1. The van der Waals surface area contributed by atoms with Gasteiger partial charge in [0.25, 0.3) is 5.91 Å². The van der Waals surface area contributed by atoms with Gasteiger partial charge in [0.15, 0.2) is 0 Å². The first-order valence-electron chi connectivity index (χ1n) is 5.83. The van der Waals surface area contributed by atoms with Crippen LogP contribution in [0.25, 0.3) is 0 Å². The zero-order valence-electron chi connectivity index (χ0n) is 10.4. The summed E-state index contributed by atoms with van der Waals surface area (Å²) in [6.45, 7) is 3.86. The quantitative estimate of drug-likeness (QED) is 0.920. The van der Waals surface area contributed by atoms with Gasteiger partial charge in [-0.05, 0) is 24.8 Å². The number of carbonyl (C=O) groups is 1. The van der Waals surface area contributed by atoms with Gasteiger partial charge in [0.05, 0.1) is 17.3 Å². The molecular formula is C13H15N3OS. The van der Waals surface area contributed by atoms with Gasteiger partial charge in [0.1, 0.15) is 6.33 Å². The third-order valence-corrected chi connectivity index (χ3v) is 3.74. The summed E-state index contributed by atoms with van der Waals surface area (Å²) in [5, 5.41) is 5.03. The predicted molar refractivity (Wildman–Crippen MR) is 71.6 cm³/mol. The zero-order chi connectivity index (χ0) is 13.0. The van der Waals surface area contributed by atoms with Crippen LogP contribution in [0, 0.1) is 6.92 Å². The molecule has 0 aliphatic carbocycles. The zero-order valence-corrected chi connectivity index (χ0v) is 11.2. The molecule has 18 heavy (non-hydrogen) atoms. The Hall–Kier alpha value is -1.75. The fourth-order valence-corrected chi connectivity index (χ4v) is 2.57. The Morgan fingerprint density at radius 2 is 2.39 bits per heavy atom. The van der Waals surface area contributed by atoms with E-state index in [2.05, 4.69) is 22.2 Å². The molecule has 2 heterocycles. The number of thiophene rings is 1. The van der Waals surface area contributed by atoms with Gasteiger partial charge in [-0.3, -0.25) is 4.79 Å². The summed E-state index contributed by atoms with van der Waals surface area (Å²) in [5.74, 6) is -0.117. The molecule has 0 saturated carbocycles. The number of aromatic nitrogens is 2. The molecule has 5 heteroatoms. The average molecular weight is 261 g/mol. The van der Waals surface area contributed by atoms with Crippen LogP contribution in [0.2, 0.25) is 0 Å². The second-order valence-corrected chi connectivity index (χ2v) is 4.95. The van der Waals surface area contributed by atoms with Crippen LogP contribution in [-0.2, 0) is 0 Å². The van der Waals surface area contributed by atoms with Crippen molar-refractivity contribution in [3.8, 4) is 0 Å². The van der Waals surface area contributed by atoms with Crippen molar-refractivity contribution < 1.29 is 4.79 Å². The molecule has 2 aromatic rings. The third-order valence-electron chi connectivity index (χ3n) is 2.76. The molecule has 0 aliphatic heterocycles. The third kappa shape index (κ3) is 2.73. The predicted octanol–water partition coefficient (Wildman–Crippen LogP) is 2.73. The van der Waals surface area contributed by atoms with Crippen molar-refractivity contribution in [2.45, 2.75) is 26.3 Å². The van der Waals surface area contributed by atoms with Gasteiger partial charge in [-0.25, -0.2) is 9.97 Å². The molecular weight excluding hydrogens is 246 g/mol. The molecule has 0 bridgehead atoms. The van der Waals surface area contributed by atoms with Crippen LogP contribution in [0.15, 0.2) is 30.0 Å². The van der Waals surface area contributed by atoms with Crippen LogP contribution >= 0.6 is 11.3 Å². The van der Waals surface area contributed by atoms with Crippen LogP contribution in [0.3, 0.4) is 0 Å². The second-order valence-electron chi connectivity index (χ2n) is 3.97. The van der Waals surface area contributed by atoms with Gasteiger partial charge in [-0.15, -0.1) is 11.3 Å². The minimum Gasteiger partial charge on any atom is -0.344 e. The molecule has 1 amide bonds. The van der Waals surface area contributed by atoms with Crippen molar-refractivity contribution in [3.05, 3.63) is 46.2 Å². The summed E-state index contributed by atoms with van der Waals surface area (Å²) >= 11 is 1.65. The Labute approximate surface area is 110 Å². The van der Waals surface area contributed by atoms with Crippen molar-refractivity contribution in [1.82, 2.24) is 15.3 Å². The van der Waals surface area contributed by atoms with E-state index in [0.717, 1.165) is 6.42 Å². The molecule has 1 N–H and O–H groups in total. The fourth-order valence-electron chi connectivity index (χ4n) is 1.71. The van der Waals surface area contributed by atoms with Crippen molar-refractivity contribution in [2.75, 3.05) is 0 Å². The monoisotopic (exact) mass is 261 g/mol.